The predicted octanol–water partition coefficient (Wildman–Crippen LogP) is 0.679. The molecular weight excluding hydrogens is 272 g/mol. The van der Waals surface area contributed by atoms with Crippen LogP contribution in [0, 0.1) is 5.92 Å². The first-order valence-corrected chi connectivity index (χ1v) is 7.12. The summed E-state index contributed by atoms with van der Waals surface area (Å²) in [4.78, 5) is 22.6. The summed E-state index contributed by atoms with van der Waals surface area (Å²) in [6.07, 6.45) is 1.64. The van der Waals surface area contributed by atoms with Crippen molar-refractivity contribution in [3.8, 4) is 0 Å². The lowest BCUT2D eigenvalue weighted by atomic mass is 10.1. The number of amides is 1. The standard InChI is InChI=1S/C13H20N6O2/c1-18(13(20)21)9-6-19(7-9)11-4-10(16-12(14)17-11)15-5-8-2-3-8/h4,8-9H,2-3,5-7H2,1H3,(H,20,21)(H3,14,15,16,17). The maximum atomic E-state index is 10.9. The summed E-state index contributed by atoms with van der Waals surface area (Å²) in [6.45, 7) is 2.17. The third-order valence-electron chi connectivity index (χ3n) is 4.03. The van der Waals surface area contributed by atoms with Gasteiger partial charge in [-0.2, -0.15) is 9.97 Å². The summed E-state index contributed by atoms with van der Waals surface area (Å²) >= 11 is 0. The molecule has 0 atom stereocenters. The minimum absolute atomic E-state index is 0.00145. The average Bonchev–Trinajstić information content (AvgIpc) is 3.17. The topological polar surface area (TPSA) is 108 Å². The molecule has 21 heavy (non-hydrogen) atoms. The summed E-state index contributed by atoms with van der Waals surface area (Å²) in [7, 11) is 1.58. The Morgan fingerprint density at radius 2 is 2.24 bits per heavy atom. The monoisotopic (exact) mass is 292 g/mol. The molecular formula is C13H20N6O2. The van der Waals surface area contributed by atoms with Gasteiger partial charge in [-0.15, -0.1) is 0 Å². The van der Waals surface area contributed by atoms with Gasteiger partial charge in [-0.3, -0.25) is 0 Å². The molecule has 0 bridgehead atoms. The summed E-state index contributed by atoms with van der Waals surface area (Å²) in [5, 5.41) is 12.2. The number of nitrogens with one attached hydrogen (secondary N) is 1. The molecule has 1 aromatic heterocycles. The van der Waals surface area contributed by atoms with E-state index in [1.54, 1.807) is 7.05 Å². The average molecular weight is 292 g/mol. The zero-order valence-electron chi connectivity index (χ0n) is 12.0. The Labute approximate surface area is 123 Å². The smallest absolute Gasteiger partial charge is 0.407 e. The van der Waals surface area contributed by atoms with Gasteiger partial charge in [0.15, 0.2) is 0 Å². The number of carbonyl (C=O) groups is 1. The van der Waals surface area contributed by atoms with E-state index in [4.69, 9.17) is 10.8 Å². The molecule has 0 unspecified atom stereocenters. The largest absolute Gasteiger partial charge is 0.465 e. The second-order valence-corrected chi connectivity index (χ2v) is 5.75. The summed E-state index contributed by atoms with van der Waals surface area (Å²) in [5.74, 6) is 2.47. The third kappa shape index (κ3) is 3.09. The maximum Gasteiger partial charge on any atom is 0.407 e. The Kier molecular flexibility index (Phi) is 3.44. The third-order valence-corrected chi connectivity index (χ3v) is 4.03. The molecule has 3 rings (SSSR count). The van der Waals surface area contributed by atoms with E-state index >= 15 is 0 Å². The molecule has 0 spiro atoms. The van der Waals surface area contributed by atoms with Crippen LogP contribution in [0.5, 0.6) is 0 Å². The Morgan fingerprint density at radius 1 is 1.52 bits per heavy atom. The highest BCUT2D eigenvalue weighted by atomic mass is 16.4. The highest BCUT2D eigenvalue weighted by Crippen LogP contribution is 2.29. The Bertz CT molecular complexity index is 541. The van der Waals surface area contributed by atoms with Crippen LogP contribution in [0.2, 0.25) is 0 Å². The fourth-order valence-corrected chi connectivity index (χ4v) is 2.32. The van der Waals surface area contributed by atoms with E-state index < -0.39 is 6.09 Å². The zero-order chi connectivity index (χ0) is 15.0. The molecule has 2 fully saturated rings. The van der Waals surface area contributed by atoms with Crippen molar-refractivity contribution in [2.75, 3.05) is 42.6 Å². The van der Waals surface area contributed by atoms with Gasteiger partial charge in [-0.05, 0) is 18.8 Å². The molecule has 8 heteroatoms. The van der Waals surface area contributed by atoms with Gasteiger partial charge < -0.3 is 26.0 Å². The van der Waals surface area contributed by atoms with Gasteiger partial charge in [0.25, 0.3) is 0 Å². The van der Waals surface area contributed by atoms with Gasteiger partial charge in [0.2, 0.25) is 5.95 Å². The predicted molar refractivity (Wildman–Crippen MR) is 79.4 cm³/mol. The molecule has 2 aliphatic rings. The van der Waals surface area contributed by atoms with Crippen molar-refractivity contribution in [1.29, 1.82) is 0 Å². The quantitative estimate of drug-likeness (QED) is 0.732. The van der Waals surface area contributed by atoms with Crippen molar-refractivity contribution in [3.05, 3.63) is 6.07 Å². The van der Waals surface area contributed by atoms with Gasteiger partial charge in [0.1, 0.15) is 11.6 Å². The molecule has 0 aromatic carbocycles. The lowest BCUT2D eigenvalue weighted by Gasteiger charge is -2.43. The van der Waals surface area contributed by atoms with Gasteiger partial charge in [0, 0.05) is 32.7 Å². The Morgan fingerprint density at radius 3 is 2.86 bits per heavy atom. The van der Waals surface area contributed by atoms with Crippen LogP contribution < -0.4 is 16.0 Å². The van der Waals surface area contributed by atoms with Crippen molar-refractivity contribution >= 4 is 23.7 Å². The van der Waals surface area contributed by atoms with Crippen molar-refractivity contribution in [1.82, 2.24) is 14.9 Å². The molecule has 1 aliphatic carbocycles. The molecule has 1 saturated heterocycles. The van der Waals surface area contributed by atoms with Gasteiger partial charge >= 0.3 is 6.09 Å². The van der Waals surface area contributed by atoms with E-state index in [1.165, 1.54) is 17.7 Å². The number of nitrogens with zero attached hydrogens (tertiary/aromatic N) is 4. The number of rotatable bonds is 5. The van der Waals surface area contributed by atoms with E-state index in [0.717, 1.165) is 24.1 Å². The number of likely N-dealkylation sites (N-methyl/N-ethyl adjacent to an activating group) is 1. The van der Waals surface area contributed by atoms with Crippen LogP contribution in [-0.4, -0.2) is 58.8 Å². The minimum atomic E-state index is -0.909. The molecule has 1 saturated carbocycles. The number of nitrogen functional groups attached to an aromatic ring is 1. The number of aromatic nitrogens is 2. The van der Waals surface area contributed by atoms with E-state index in [2.05, 4.69) is 15.3 Å². The second-order valence-electron chi connectivity index (χ2n) is 5.75. The maximum absolute atomic E-state index is 10.9. The normalized spacial score (nSPS) is 18.2. The van der Waals surface area contributed by atoms with Crippen LogP contribution in [0.1, 0.15) is 12.8 Å². The SMILES string of the molecule is CN(C(=O)O)C1CN(c2cc(NCC3CC3)nc(N)n2)C1. The van der Waals surface area contributed by atoms with Crippen LogP contribution in [-0.2, 0) is 0 Å². The zero-order valence-corrected chi connectivity index (χ0v) is 12.0. The van der Waals surface area contributed by atoms with Crippen molar-refractivity contribution in [2.45, 2.75) is 18.9 Å². The van der Waals surface area contributed by atoms with E-state index in [0.29, 0.717) is 13.1 Å². The number of anilines is 3. The van der Waals surface area contributed by atoms with E-state index in [-0.39, 0.29) is 12.0 Å². The summed E-state index contributed by atoms with van der Waals surface area (Å²) < 4.78 is 0. The van der Waals surface area contributed by atoms with Crippen LogP contribution in [0.4, 0.5) is 22.4 Å². The van der Waals surface area contributed by atoms with Gasteiger partial charge in [-0.1, -0.05) is 0 Å². The molecule has 0 radical (unpaired) electrons. The lowest BCUT2D eigenvalue weighted by molar-refractivity contribution is 0.129. The number of nitrogens with two attached hydrogens (primary N) is 1. The van der Waals surface area contributed by atoms with Crippen molar-refractivity contribution < 1.29 is 9.90 Å². The van der Waals surface area contributed by atoms with Crippen LogP contribution in [0.25, 0.3) is 0 Å². The number of carboxylic acid groups (broad SMARTS) is 1. The highest BCUT2D eigenvalue weighted by molar-refractivity contribution is 5.66. The fourth-order valence-electron chi connectivity index (χ4n) is 2.32. The van der Waals surface area contributed by atoms with Gasteiger partial charge in [0.05, 0.1) is 6.04 Å². The first-order valence-electron chi connectivity index (χ1n) is 7.12. The molecule has 1 aliphatic heterocycles. The summed E-state index contributed by atoms with van der Waals surface area (Å²) in [6, 6.07) is 1.87. The fraction of sp³-hybridized carbons (Fsp3) is 0.615. The van der Waals surface area contributed by atoms with Crippen LogP contribution in [0.15, 0.2) is 6.07 Å². The highest BCUT2D eigenvalue weighted by Gasteiger charge is 2.33. The molecule has 2 heterocycles. The van der Waals surface area contributed by atoms with E-state index in [9.17, 15) is 4.79 Å². The van der Waals surface area contributed by atoms with E-state index in [1.807, 2.05) is 11.0 Å². The number of hydrogen-bond donors (Lipinski definition) is 3. The lowest BCUT2D eigenvalue weighted by Crippen LogP contribution is -2.59. The second kappa shape index (κ2) is 5.27. The number of hydrogen-bond acceptors (Lipinski definition) is 6. The van der Waals surface area contributed by atoms with Crippen molar-refractivity contribution in [2.24, 2.45) is 5.92 Å². The molecule has 4 N–H and O–H groups in total. The minimum Gasteiger partial charge on any atom is -0.465 e. The van der Waals surface area contributed by atoms with Crippen LogP contribution >= 0.6 is 0 Å². The summed E-state index contributed by atoms with van der Waals surface area (Å²) in [5.41, 5.74) is 5.75. The van der Waals surface area contributed by atoms with Crippen LogP contribution in [0.3, 0.4) is 0 Å². The van der Waals surface area contributed by atoms with Crippen molar-refractivity contribution in [3.63, 3.8) is 0 Å². The van der Waals surface area contributed by atoms with Gasteiger partial charge in [-0.25, -0.2) is 4.79 Å². The Hall–Kier alpha value is -2.25. The molecule has 8 nitrogen and oxygen atoms in total. The Balaban J connectivity index is 1.61. The molecule has 114 valence electrons. The molecule has 1 aromatic rings. The first-order chi connectivity index (χ1) is 10.0. The molecule has 1 amide bonds. The first kappa shape index (κ1) is 13.7.